The molecule has 0 unspecified atom stereocenters. The van der Waals surface area contributed by atoms with E-state index in [0.717, 1.165) is 39.2 Å². The third kappa shape index (κ3) is 8.37. The Hall–Kier alpha value is -6.99. The summed E-state index contributed by atoms with van der Waals surface area (Å²) in [4.78, 5) is 46.4. The number of hydrogen-bond donors (Lipinski definition) is 2. The summed E-state index contributed by atoms with van der Waals surface area (Å²) in [6.45, 7) is 2.20. The van der Waals surface area contributed by atoms with Crippen molar-refractivity contribution >= 4 is 39.4 Å². The summed E-state index contributed by atoms with van der Waals surface area (Å²) in [6.07, 6.45) is 5.42. The number of aromatic nitrogens is 3. The van der Waals surface area contributed by atoms with Gasteiger partial charge in [0.25, 0.3) is 11.8 Å². The molecule has 284 valence electrons. The Morgan fingerprint density at radius 3 is 2.25 bits per heavy atom. The van der Waals surface area contributed by atoms with Gasteiger partial charge in [0.1, 0.15) is 11.3 Å². The van der Waals surface area contributed by atoms with E-state index in [2.05, 4.69) is 43.8 Å². The first-order chi connectivity index (χ1) is 27.2. The summed E-state index contributed by atoms with van der Waals surface area (Å²) in [5.41, 5.74) is 5.40. The number of nitrogens with one attached hydrogen (secondary N) is 2. The van der Waals surface area contributed by atoms with E-state index >= 15 is 0 Å². The molecule has 2 amide bonds. The molecular formula is C43H40N6O7. The van der Waals surface area contributed by atoms with Crippen molar-refractivity contribution in [1.82, 2.24) is 25.0 Å². The number of para-hydroxylation sites is 1. The van der Waals surface area contributed by atoms with Crippen molar-refractivity contribution in [2.45, 2.75) is 26.2 Å². The van der Waals surface area contributed by atoms with Gasteiger partial charge in [-0.3, -0.25) is 28.9 Å². The van der Waals surface area contributed by atoms with Gasteiger partial charge in [-0.25, -0.2) is 0 Å². The van der Waals surface area contributed by atoms with Gasteiger partial charge in [0.05, 0.1) is 55.9 Å². The molecule has 0 saturated carbocycles. The lowest BCUT2D eigenvalue weighted by Gasteiger charge is -2.23. The molecule has 0 spiro atoms. The lowest BCUT2D eigenvalue weighted by Crippen LogP contribution is -2.25. The first-order valence-electron chi connectivity index (χ1n) is 17.8. The van der Waals surface area contributed by atoms with Crippen LogP contribution < -0.4 is 30.3 Å². The minimum Gasteiger partial charge on any atom is -0.495 e. The first-order valence-corrected chi connectivity index (χ1v) is 17.8. The predicted molar refractivity (Wildman–Crippen MR) is 212 cm³/mol. The number of ether oxygens (including phenoxy) is 3. The highest BCUT2D eigenvalue weighted by atomic mass is 16.5. The summed E-state index contributed by atoms with van der Waals surface area (Å²) < 4.78 is 23.9. The van der Waals surface area contributed by atoms with E-state index in [1.165, 1.54) is 26.4 Å². The predicted octanol–water partition coefficient (Wildman–Crippen LogP) is 6.49. The van der Waals surface area contributed by atoms with E-state index in [1.807, 2.05) is 54.5 Å². The standard InChI is InChI=1S/C43H40N6O7/c1-48-36-14-13-29(15-31(36)22-46-48)25-49(26-30-16-32(53-2)23-44-20-30)24-28-11-9-27(10-12-28)21-45-42(51)34-17-39(54-3)40(55-4)18-35(34)47-43(52)41-19-37(50)33-7-5-6-8-38(33)56-41/h5-20,22-23H,21,24-26H2,1-4H3,(H,45,51)(H,47,52). The van der Waals surface area contributed by atoms with Crippen LogP contribution in [0.15, 0.2) is 119 Å². The van der Waals surface area contributed by atoms with Gasteiger partial charge in [0.15, 0.2) is 22.7 Å². The van der Waals surface area contributed by atoms with Gasteiger partial charge in [-0.15, -0.1) is 0 Å². The summed E-state index contributed by atoms with van der Waals surface area (Å²) in [7, 11) is 6.47. The molecule has 0 aliphatic rings. The SMILES string of the molecule is COc1cncc(CN(Cc2ccc(CNC(=O)c3cc(OC)c(OC)cc3NC(=O)c3cc(=O)c4ccccc4o3)cc2)Cc2ccc3c(cnn3C)c2)c1. The van der Waals surface area contributed by atoms with Gasteiger partial charge in [-0.05, 0) is 58.7 Å². The van der Waals surface area contributed by atoms with Crippen LogP contribution in [-0.4, -0.2) is 52.8 Å². The molecule has 7 rings (SSSR count). The third-order valence-corrected chi connectivity index (χ3v) is 9.39. The number of methoxy groups -OCH3 is 3. The molecule has 2 N–H and O–H groups in total. The molecule has 56 heavy (non-hydrogen) atoms. The first kappa shape index (κ1) is 37.3. The van der Waals surface area contributed by atoms with Crippen molar-refractivity contribution < 1.29 is 28.2 Å². The Bertz CT molecular complexity index is 2600. The van der Waals surface area contributed by atoms with E-state index in [4.69, 9.17) is 18.6 Å². The Morgan fingerprint density at radius 2 is 1.46 bits per heavy atom. The van der Waals surface area contributed by atoms with Crippen LogP contribution in [0.5, 0.6) is 17.2 Å². The number of anilines is 1. The Balaban J connectivity index is 1.06. The third-order valence-electron chi connectivity index (χ3n) is 9.39. The second-order valence-corrected chi connectivity index (χ2v) is 13.2. The minimum atomic E-state index is -0.709. The fourth-order valence-electron chi connectivity index (χ4n) is 6.53. The molecule has 0 fully saturated rings. The van der Waals surface area contributed by atoms with Crippen LogP contribution >= 0.6 is 0 Å². The van der Waals surface area contributed by atoms with Crippen LogP contribution in [0.25, 0.3) is 21.9 Å². The van der Waals surface area contributed by atoms with Crippen molar-refractivity contribution in [2.75, 3.05) is 26.6 Å². The maximum absolute atomic E-state index is 13.7. The number of nitrogens with zero attached hydrogens (tertiary/aromatic N) is 4. The number of benzene rings is 4. The smallest absolute Gasteiger partial charge is 0.291 e. The Kier molecular flexibility index (Phi) is 11.0. The number of hydrogen-bond acceptors (Lipinski definition) is 10. The van der Waals surface area contributed by atoms with Crippen molar-refractivity contribution in [3.05, 3.63) is 153 Å². The molecule has 0 aliphatic carbocycles. The van der Waals surface area contributed by atoms with Crippen LogP contribution in [0.4, 0.5) is 5.69 Å². The highest BCUT2D eigenvalue weighted by Crippen LogP contribution is 2.34. The number of amides is 2. The molecule has 3 heterocycles. The second kappa shape index (κ2) is 16.6. The van der Waals surface area contributed by atoms with E-state index < -0.39 is 11.8 Å². The lowest BCUT2D eigenvalue weighted by atomic mass is 10.1. The van der Waals surface area contributed by atoms with Crippen molar-refractivity contribution in [2.24, 2.45) is 7.05 Å². The van der Waals surface area contributed by atoms with Crippen LogP contribution in [0.1, 0.15) is 43.2 Å². The van der Waals surface area contributed by atoms with E-state index in [1.54, 1.807) is 37.6 Å². The molecule has 0 radical (unpaired) electrons. The average molecular weight is 753 g/mol. The van der Waals surface area contributed by atoms with Crippen molar-refractivity contribution in [1.29, 1.82) is 0 Å². The van der Waals surface area contributed by atoms with Crippen molar-refractivity contribution in [3.8, 4) is 17.2 Å². The van der Waals surface area contributed by atoms with Gasteiger partial charge in [0.2, 0.25) is 0 Å². The van der Waals surface area contributed by atoms with Crippen molar-refractivity contribution in [3.63, 3.8) is 0 Å². The quantitative estimate of drug-likeness (QED) is 0.126. The molecule has 7 aromatic rings. The molecule has 0 saturated heterocycles. The normalized spacial score (nSPS) is 11.2. The largest absolute Gasteiger partial charge is 0.495 e. The Labute approximate surface area is 322 Å². The molecule has 0 atom stereocenters. The second-order valence-electron chi connectivity index (χ2n) is 13.2. The number of carbonyl (C=O) groups excluding carboxylic acids is 2. The molecule has 3 aromatic heterocycles. The van der Waals surface area contributed by atoms with Gasteiger partial charge in [0, 0.05) is 56.9 Å². The molecule has 0 aliphatic heterocycles. The van der Waals surface area contributed by atoms with E-state index in [-0.39, 0.29) is 34.6 Å². The van der Waals surface area contributed by atoms with Crippen LogP contribution in [0, 0.1) is 0 Å². The fraction of sp³-hybridized carbons (Fsp3) is 0.186. The zero-order valence-corrected chi connectivity index (χ0v) is 31.4. The van der Waals surface area contributed by atoms with Crippen LogP contribution in [-0.2, 0) is 33.2 Å². The molecule has 0 bridgehead atoms. The number of rotatable bonds is 14. The summed E-state index contributed by atoms with van der Waals surface area (Å²) in [5.74, 6) is -0.0844. The number of carbonyl (C=O) groups is 2. The van der Waals surface area contributed by atoms with Gasteiger partial charge in [-0.2, -0.15) is 5.10 Å². The molecule has 4 aromatic carbocycles. The molecule has 13 heteroatoms. The highest BCUT2D eigenvalue weighted by molar-refractivity contribution is 6.08. The van der Waals surface area contributed by atoms with Gasteiger partial charge < -0.3 is 29.3 Å². The highest BCUT2D eigenvalue weighted by Gasteiger charge is 2.21. The average Bonchev–Trinajstić information content (AvgIpc) is 3.59. The zero-order valence-electron chi connectivity index (χ0n) is 31.4. The Morgan fingerprint density at radius 1 is 0.750 bits per heavy atom. The molecular weight excluding hydrogens is 713 g/mol. The lowest BCUT2D eigenvalue weighted by molar-refractivity contribution is 0.0951. The van der Waals surface area contributed by atoms with E-state index in [0.29, 0.717) is 42.3 Å². The van der Waals surface area contributed by atoms with E-state index in [9.17, 15) is 14.4 Å². The van der Waals surface area contributed by atoms with Crippen LogP contribution in [0.2, 0.25) is 0 Å². The number of fused-ring (bicyclic) bond motifs is 2. The maximum atomic E-state index is 13.7. The molecule has 13 nitrogen and oxygen atoms in total. The van der Waals surface area contributed by atoms with Gasteiger partial charge >= 0.3 is 0 Å². The summed E-state index contributed by atoms with van der Waals surface area (Å²) in [6, 6.07) is 27.2. The topological polar surface area (TPSA) is 150 Å². The monoisotopic (exact) mass is 752 g/mol. The zero-order chi connectivity index (χ0) is 39.2. The number of aryl methyl sites for hydroxylation is 1. The number of pyridine rings is 1. The maximum Gasteiger partial charge on any atom is 0.291 e. The fourth-order valence-corrected chi connectivity index (χ4v) is 6.53. The minimum absolute atomic E-state index is 0.128. The summed E-state index contributed by atoms with van der Waals surface area (Å²) >= 11 is 0. The van der Waals surface area contributed by atoms with Gasteiger partial charge in [-0.1, -0.05) is 42.5 Å². The summed E-state index contributed by atoms with van der Waals surface area (Å²) in [5, 5.41) is 11.5. The van der Waals surface area contributed by atoms with Crippen LogP contribution in [0.3, 0.4) is 0 Å².